The van der Waals surface area contributed by atoms with Crippen LogP contribution in [0, 0.1) is 23.7 Å². The molecule has 124 valence electrons. The summed E-state index contributed by atoms with van der Waals surface area (Å²) in [6.45, 7) is 13.8. The highest BCUT2D eigenvalue weighted by molar-refractivity contribution is 4.90. The zero-order valence-corrected chi connectivity index (χ0v) is 14.5. The maximum absolute atomic E-state index is 9.92. The first-order valence-corrected chi connectivity index (χ1v) is 9.15. The molecular formula is C18H36N2O. The summed E-state index contributed by atoms with van der Waals surface area (Å²) in [5.74, 6) is 2.87. The summed E-state index contributed by atoms with van der Waals surface area (Å²) in [5, 5.41) is 13.7. The van der Waals surface area contributed by atoms with E-state index in [4.69, 9.17) is 0 Å². The van der Waals surface area contributed by atoms with Crippen LogP contribution >= 0.6 is 0 Å². The fourth-order valence-electron chi connectivity index (χ4n) is 4.47. The number of aliphatic hydroxyl groups excluding tert-OH is 1. The number of hydrogen-bond donors (Lipinski definition) is 2. The first-order chi connectivity index (χ1) is 10.0. The van der Waals surface area contributed by atoms with Gasteiger partial charge >= 0.3 is 0 Å². The molecule has 2 rings (SSSR count). The molecule has 1 saturated heterocycles. The number of nitrogens with one attached hydrogen (secondary N) is 1. The topological polar surface area (TPSA) is 35.5 Å². The molecule has 2 fully saturated rings. The minimum absolute atomic E-state index is 0.0842. The SMILES string of the molecule is CCCNC1CC(C)CC(C)C1CN1CCC(O)C(C)C1. The number of rotatable bonds is 5. The lowest BCUT2D eigenvalue weighted by Crippen LogP contribution is -2.51. The Kier molecular flexibility index (Phi) is 6.51. The molecule has 1 heterocycles. The predicted molar refractivity (Wildman–Crippen MR) is 89.4 cm³/mol. The van der Waals surface area contributed by atoms with Crippen molar-refractivity contribution >= 4 is 0 Å². The number of nitrogens with zero attached hydrogens (tertiary/aromatic N) is 1. The minimum Gasteiger partial charge on any atom is -0.393 e. The van der Waals surface area contributed by atoms with Crippen LogP contribution in [0.2, 0.25) is 0 Å². The Hall–Kier alpha value is -0.120. The monoisotopic (exact) mass is 296 g/mol. The van der Waals surface area contributed by atoms with E-state index < -0.39 is 0 Å². The molecule has 0 amide bonds. The third-order valence-electron chi connectivity index (χ3n) is 5.75. The van der Waals surface area contributed by atoms with Gasteiger partial charge in [-0.15, -0.1) is 0 Å². The van der Waals surface area contributed by atoms with Gasteiger partial charge in [0.05, 0.1) is 6.10 Å². The van der Waals surface area contributed by atoms with Crippen molar-refractivity contribution in [3.63, 3.8) is 0 Å². The zero-order valence-electron chi connectivity index (χ0n) is 14.5. The quantitative estimate of drug-likeness (QED) is 0.819. The summed E-state index contributed by atoms with van der Waals surface area (Å²) in [5.41, 5.74) is 0. The molecule has 0 radical (unpaired) electrons. The van der Waals surface area contributed by atoms with E-state index in [2.05, 4.69) is 37.9 Å². The van der Waals surface area contributed by atoms with Gasteiger partial charge in [0.2, 0.25) is 0 Å². The van der Waals surface area contributed by atoms with Gasteiger partial charge in [-0.25, -0.2) is 0 Å². The van der Waals surface area contributed by atoms with E-state index in [-0.39, 0.29) is 6.10 Å². The van der Waals surface area contributed by atoms with E-state index in [1.165, 1.54) is 25.8 Å². The van der Waals surface area contributed by atoms with Crippen molar-refractivity contribution in [2.45, 2.75) is 65.5 Å². The van der Waals surface area contributed by atoms with Gasteiger partial charge in [0.1, 0.15) is 0 Å². The van der Waals surface area contributed by atoms with Crippen LogP contribution in [0.4, 0.5) is 0 Å². The molecule has 2 aliphatic rings. The highest BCUT2D eigenvalue weighted by atomic mass is 16.3. The van der Waals surface area contributed by atoms with E-state index in [1.54, 1.807) is 0 Å². The molecule has 3 nitrogen and oxygen atoms in total. The van der Waals surface area contributed by atoms with Crippen molar-refractivity contribution in [2.75, 3.05) is 26.2 Å². The smallest absolute Gasteiger partial charge is 0.0590 e. The van der Waals surface area contributed by atoms with Crippen molar-refractivity contribution in [1.29, 1.82) is 0 Å². The Morgan fingerprint density at radius 1 is 1.14 bits per heavy atom. The molecule has 0 aromatic rings. The first-order valence-electron chi connectivity index (χ1n) is 9.15. The molecule has 0 aromatic heterocycles. The largest absolute Gasteiger partial charge is 0.393 e. The van der Waals surface area contributed by atoms with Gasteiger partial charge in [-0.3, -0.25) is 0 Å². The Balaban J connectivity index is 1.93. The van der Waals surface area contributed by atoms with E-state index in [9.17, 15) is 5.11 Å². The number of likely N-dealkylation sites (tertiary alicyclic amines) is 1. The Morgan fingerprint density at radius 2 is 1.90 bits per heavy atom. The van der Waals surface area contributed by atoms with Crippen LogP contribution in [0.3, 0.4) is 0 Å². The summed E-state index contributed by atoms with van der Waals surface area (Å²) in [6.07, 6.45) is 4.80. The second-order valence-electron chi connectivity index (χ2n) is 7.87. The number of piperidine rings is 1. The van der Waals surface area contributed by atoms with Crippen molar-refractivity contribution < 1.29 is 5.11 Å². The summed E-state index contributed by atoms with van der Waals surface area (Å²) in [7, 11) is 0. The van der Waals surface area contributed by atoms with Crippen molar-refractivity contribution in [1.82, 2.24) is 10.2 Å². The average Bonchev–Trinajstić information content (AvgIpc) is 2.43. The van der Waals surface area contributed by atoms with Gasteiger partial charge in [0.25, 0.3) is 0 Å². The van der Waals surface area contributed by atoms with Crippen LogP contribution in [0.1, 0.15) is 53.4 Å². The van der Waals surface area contributed by atoms with Gasteiger partial charge in [0.15, 0.2) is 0 Å². The standard InChI is InChI=1S/C18H36N2O/c1-5-7-19-17-10-13(2)9-14(3)16(17)12-20-8-6-18(21)15(4)11-20/h13-19,21H,5-12H2,1-4H3. The van der Waals surface area contributed by atoms with Crippen LogP contribution in [-0.2, 0) is 0 Å². The maximum atomic E-state index is 9.92. The molecule has 3 heteroatoms. The second kappa shape index (κ2) is 7.94. The Morgan fingerprint density at radius 3 is 2.57 bits per heavy atom. The molecule has 0 aromatic carbocycles. The summed E-state index contributed by atoms with van der Waals surface area (Å²) in [4.78, 5) is 2.61. The third kappa shape index (κ3) is 4.67. The van der Waals surface area contributed by atoms with Gasteiger partial charge in [-0.1, -0.05) is 27.7 Å². The molecule has 6 unspecified atom stereocenters. The van der Waals surface area contributed by atoms with Crippen molar-refractivity contribution in [3.05, 3.63) is 0 Å². The summed E-state index contributed by atoms with van der Waals surface area (Å²) in [6, 6.07) is 0.686. The van der Waals surface area contributed by atoms with E-state index >= 15 is 0 Å². The molecule has 0 bridgehead atoms. The first kappa shape index (κ1) is 17.2. The van der Waals surface area contributed by atoms with E-state index in [1.807, 2.05) is 0 Å². The number of hydrogen-bond acceptors (Lipinski definition) is 3. The van der Waals surface area contributed by atoms with Crippen LogP contribution in [0.15, 0.2) is 0 Å². The molecule has 21 heavy (non-hydrogen) atoms. The van der Waals surface area contributed by atoms with Crippen LogP contribution in [0.25, 0.3) is 0 Å². The lowest BCUT2D eigenvalue weighted by atomic mass is 9.72. The highest BCUT2D eigenvalue weighted by Crippen LogP contribution is 2.35. The maximum Gasteiger partial charge on any atom is 0.0590 e. The highest BCUT2D eigenvalue weighted by Gasteiger charge is 2.36. The predicted octanol–water partition coefficient (Wildman–Crippen LogP) is 2.74. The second-order valence-corrected chi connectivity index (χ2v) is 7.87. The molecule has 0 spiro atoms. The van der Waals surface area contributed by atoms with Crippen molar-refractivity contribution in [2.24, 2.45) is 23.7 Å². The summed E-state index contributed by atoms with van der Waals surface area (Å²) >= 11 is 0. The average molecular weight is 296 g/mol. The minimum atomic E-state index is -0.0842. The Labute approximate surface area is 131 Å². The van der Waals surface area contributed by atoms with Gasteiger partial charge in [-0.05, 0) is 55.9 Å². The van der Waals surface area contributed by atoms with Gasteiger partial charge < -0.3 is 15.3 Å². The normalized spacial score (nSPS) is 42.1. The van der Waals surface area contributed by atoms with Crippen LogP contribution in [0.5, 0.6) is 0 Å². The molecule has 6 atom stereocenters. The molecular weight excluding hydrogens is 260 g/mol. The molecule has 1 saturated carbocycles. The molecule has 2 N–H and O–H groups in total. The molecule has 1 aliphatic heterocycles. The summed E-state index contributed by atoms with van der Waals surface area (Å²) < 4.78 is 0. The van der Waals surface area contributed by atoms with Crippen LogP contribution in [-0.4, -0.2) is 48.3 Å². The van der Waals surface area contributed by atoms with E-state index in [0.717, 1.165) is 43.8 Å². The third-order valence-corrected chi connectivity index (χ3v) is 5.75. The lowest BCUT2D eigenvalue weighted by molar-refractivity contribution is 0.0145. The molecule has 1 aliphatic carbocycles. The zero-order chi connectivity index (χ0) is 15.4. The lowest BCUT2D eigenvalue weighted by Gasteiger charge is -2.44. The number of aliphatic hydroxyl groups is 1. The van der Waals surface area contributed by atoms with Gasteiger partial charge in [0, 0.05) is 25.7 Å². The fourth-order valence-corrected chi connectivity index (χ4v) is 4.47. The Bertz CT molecular complexity index is 310. The van der Waals surface area contributed by atoms with Crippen molar-refractivity contribution in [3.8, 4) is 0 Å². The van der Waals surface area contributed by atoms with E-state index in [0.29, 0.717) is 12.0 Å². The van der Waals surface area contributed by atoms with Gasteiger partial charge in [-0.2, -0.15) is 0 Å². The fraction of sp³-hybridized carbons (Fsp3) is 1.00. The van der Waals surface area contributed by atoms with Crippen LogP contribution < -0.4 is 5.32 Å².